The molecule has 0 aliphatic carbocycles. The lowest BCUT2D eigenvalue weighted by atomic mass is 10.0. The van der Waals surface area contributed by atoms with Crippen LogP contribution in [-0.4, -0.2) is 11.9 Å². The van der Waals surface area contributed by atoms with Crippen molar-refractivity contribution in [1.82, 2.24) is 0 Å². The summed E-state index contributed by atoms with van der Waals surface area (Å²) in [6.07, 6.45) is -0.518. The van der Waals surface area contributed by atoms with Crippen LogP contribution >= 0.6 is 0 Å². The number of nitrogens with two attached hydrogens (primary N) is 1. The first-order chi connectivity index (χ1) is 8.77. The van der Waals surface area contributed by atoms with Crippen molar-refractivity contribution < 1.29 is 9.53 Å². The first-order valence-corrected chi connectivity index (χ1v) is 5.86. The standard InChI is InChI=1S/C15H13NO2/c16-12-9-5-4-8-11(12)13(17)15-14(18-15)10-6-2-1-3-7-10/h1-9,14-15H,16H2/t14-,15-/m1/s1. The summed E-state index contributed by atoms with van der Waals surface area (Å²) >= 11 is 0. The van der Waals surface area contributed by atoms with E-state index in [0.29, 0.717) is 11.3 Å². The van der Waals surface area contributed by atoms with Gasteiger partial charge in [0.2, 0.25) is 0 Å². The molecular weight excluding hydrogens is 226 g/mol. The molecule has 1 aliphatic rings. The Morgan fingerprint density at radius 2 is 1.67 bits per heavy atom. The van der Waals surface area contributed by atoms with Crippen molar-refractivity contribution in [2.24, 2.45) is 0 Å². The van der Waals surface area contributed by atoms with E-state index in [1.54, 1.807) is 12.1 Å². The van der Waals surface area contributed by atoms with Gasteiger partial charge in [0.25, 0.3) is 0 Å². The van der Waals surface area contributed by atoms with Crippen molar-refractivity contribution in [3.05, 3.63) is 65.7 Å². The van der Waals surface area contributed by atoms with Crippen molar-refractivity contribution in [2.45, 2.75) is 12.2 Å². The number of epoxide rings is 1. The minimum atomic E-state index is -0.392. The zero-order chi connectivity index (χ0) is 12.5. The quantitative estimate of drug-likeness (QED) is 0.509. The van der Waals surface area contributed by atoms with Crippen molar-refractivity contribution in [2.75, 3.05) is 5.73 Å². The second-order valence-electron chi connectivity index (χ2n) is 4.34. The number of carbonyl (C=O) groups excluding carboxylic acids is 1. The van der Waals surface area contributed by atoms with E-state index in [0.717, 1.165) is 5.56 Å². The molecule has 2 aromatic carbocycles. The van der Waals surface area contributed by atoms with Crippen molar-refractivity contribution in [3.8, 4) is 0 Å². The van der Waals surface area contributed by atoms with Gasteiger partial charge in [0.05, 0.1) is 0 Å². The van der Waals surface area contributed by atoms with Crippen LogP contribution in [0.15, 0.2) is 54.6 Å². The summed E-state index contributed by atoms with van der Waals surface area (Å²) < 4.78 is 5.47. The van der Waals surface area contributed by atoms with Gasteiger partial charge in [-0.05, 0) is 17.7 Å². The lowest BCUT2D eigenvalue weighted by Gasteiger charge is -2.01. The van der Waals surface area contributed by atoms with E-state index in [4.69, 9.17) is 10.5 Å². The second-order valence-corrected chi connectivity index (χ2v) is 4.34. The van der Waals surface area contributed by atoms with E-state index < -0.39 is 6.10 Å². The van der Waals surface area contributed by atoms with Gasteiger partial charge < -0.3 is 10.5 Å². The SMILES string of the molecule is Nc1ccccc1C(=O)[C@H]1O[C@@H]1c1ccccc1. The molecule has 90 valence electrons. The van der Waals surface area contributed by atoms with Gasteiger partial charge in [-0.25, -0.2) is 0 Å². The normalized spacial score (nSPS) is 21.6. The van der Waals surface area contributed by atoms with Crippen LogP contribution in [0.3, 0.4) is 0 Å². The molecular formula is C15H13NO2. The van der Waals surface area contributed by atoms with E-state index >= 15 is 0 Å². The van der Waals surface area contributed by atoms with Crippen LogP contribution in [0.5, 0.6) is 0 Å². The number of hydrogen-bond acceptors (Lipinski definition) is 3. The number of ketones is 1. The summed E-state index contributed by atoms with van der Waals surface area (Å²) in [7, 11) is 0. The molecule has 1 saturated heterocycles. The minimum absolute atomic E-state index is 0.0399. The van der Waals surface area contributed by atoms with Crippen molar-refractivity contribution in [3.63, 3.8) is 0 Å². The zero-order valence-corrected chi connectivity index (χ0v) is 9.74. The molecule has 1 heterocycles. The first kappa shape index (κ1) is 11.0. The maximum absolute atomic E-state index is 12.2. The molecule has 0 radical (unpaired) electrons. The second kappa shape index (κ2) is 4.27. The Hall–Kier alpha value is -2.13. The molecule has 2 N–H and O–H groups in total. The molecule has 0 bridgehead atoms. The van der Waals surface area contributed by atoms with Crippen LogP contribution in [0.4, 0.5) is 5.69 Å². The summed E-state index contributed by atoms with van der Waals surface area (Å²) in [6.45, 7) is 0. The third-order valence-electron chi connectivity index (χ3n) is 3.10. The number of ether oxygens (including phenoxy) is 1. The maximum atomic E-state index is 12.2. The maximum Gasteiger partial charge on any atom is 0.196 e. The van der Waals surface area contributed by atoms with Gasteiger partial charge in [-0.3, -0.25) is 4.79 Å². The average molecular weight is 239 g/mol. The summed E-state index contributed by atoms with van der Waals surface area (Å²) in [6, 6.07) is 16.8. The van der Waals surface area contributed by atoms with Gasteiger partial charge in [-0.15, -0.1) is 0 Å². The van der Waals surface area contributed by atoms with Crippen LogP contribution in [0.2, 0.25) is 0 Å². The molecule has 18 heavy (non-hydrogen) atoms. The molecule has 2 aromatic rings. The molecule has 0 amide bonds. The summed E-state index contributed by atoms with van der Waals surface area (Å²) in [5, 5.41) is 0. The molecule has 0 unspecified atom stereocenters. The molecule has 3 rings (SSSR count). The largest absolute Gasteiger partial charge is 0.398 e. The van der Waals surface area contributed by atoms with E-state index in [-0.39, 0.29) is 11.9 Å². The Labute approximate surface area is 105 Å². The molecule has 1 aliphatic heterocycles. The highest BCUT2D eigenvalue weighted by Crippen LogP contribution is 2.40. The zero-order valence-electron chi connectivity index (χ0n) is 9.74. The number of nitrogen functional groups attached to an aromatic ring is 1. The van der Waals surface area contributed by atoms with Gasteiger partial charge in [-0.2, -0.15) is 0 Å². The van der Waals surface area contributed by atoms with E-state index in [2.05, 4.69) is 0 Å². The number of benzene rings is 2. The summed E-state index contributed by atoms with van der Waals surface area (Å²) in [5.41, 5.74) is 7.87. The molecule has 0 aromatic heterocycles. The van der Waals surface area contributed by atoms with Crippen molar-refractivity contribution in [1.29, 1.82) is 0 Å². The predicted octanol–water partition coefficient (Wildman–Crippen LogP) is 2.59. The van der Waals surface area contributed by atoms with Crippen LogP contribution in [-0.2, 0) is 4.74 Å². The number of Topliss-reactive ketones (excluding diaryl/α,β-unsaturated/α-hetero) is 1. The average Bonchev–Trinajstić information content (AvgIpc) is 3.20. The molecule has 3 heteroatoms. The topological polar surface area (TPSA) is 55.6 Å². The van der Waals surface area contributed by atoms with Gasteiger partial charge in [0.1, 0.15) is 6.10 Å². The highest BCUT2D eigenvalue weighted by atomic mass is 16.6. The Bertz CT molecular complexity index is 580. The van der Waals surface area contributed by atoms with E-state index in [1.165, 1.54) is 0 Å². The highest BCUT2D eigenvalue weighted by Gasteiger charge is 2.46. The molecule has 1 fully saturated rings. The van der Waals surface area contributed by atoms with Gasteiger partial charge in [0.15, 0.2) is 11.9 Å². The fourth-order valence-electron chi connectivity index (χ4n) is 2.08. The Kier molecular flexibility index (Phi) is 2.61. The third-order valence-corrected chi connectivity index (χ3v) is 3.10. The number of anilines is 1. The lowest BCUT2D eigenvalue weighted by molar-refractivity contribution is 0.0954. The summed E-state index contributed by atoms with van der Waals surface area (Å²) in [5.74, 6) is -0.0399. The van der Waals surface area contributed by atoms with Gasteiger partial charge in [0, 0.05) is 11.3 Å². The third kappa shape index (κ3) is 1.89. The summed E-state index contributed by atoms with van der Waals surface area (Å²) in [4.78, 5) is 12.2. The fraction of sp³-hybridized carbons (Fsp3) is 0.133. The van der Waals surface area contributed by atoms with Crippen LogP contribution < -0.4 is 5.73 Å². The Balaban J connectivity index is 1.80. The number of carbonyl (C=O) groups is 1. The van der Waals surface area contributed by atoms with E-state index in [9.17, 15) is 4.79 Å². The van der Waals surface area contributed by atoms with Crippen LogP contribution in [0.1, 0.15) is 22.0 Å². The van der Waals surface area contributed by atoms with Gasteiger partial charge in [-0.1, -0.05) is 42.5 Å². The number of hydrogen-bond donors (Lipinski definition) is 1. The predicted molar refractivity (Wildman–Crippen MR) is 69.2 cm³/mol. The fourth-order valence-corrected chi connectivity index (χ4v) is 2.08. The van der Waals surface area contributed by atoms with E-state index in [1.807, 2.05) is 42.5 Å². The van der Waals surface area contributed by atoms with Gasteiger partial charge >= 0.3 is 0 Å². The molecule has 0 spiro atoms. The highest BCUT2D eigenvalue weighted by molar-refractivity contribution is 6.05. The monoisotopic (exact) mass is 239 g/mol. The number of para-hydroxylation sites is 1. The first-order valence-electron chi connectivity index (χ1n) is 5.86. The minimum Gasteiger partial charge on any atom is -0.398 e. The molecule has 2 atom stereocenters. The van der Waals surface area contributed by atoms with Crippen LogP contribution in [0, 0.1) is 0 Å². The smallest absolute Gasteiger partial charge is 0.196 e. The lowest BCUT2D eigenvalue weighted by Crippen LogP contribution is -2.10. The molecule has 3 nitrogen and oxygen atoms in total. The van der Waals surface area contributed by atoms with Crippen LogP contribution in [0.25, 0.3) is 0 Å². The number of rotatable bonds is 3. The Morgan fingerprint density at radius 3 is 2.39 bits per heavy atom. The Morgan fingerprint density at radius 1 is 1.00 bits per heavy atom. The van der Waals surface area contributed by atoms with Crippen molar-refractivity contribution >= 4 is 11.5 Å². The molecule has 0 saturated carbocycles.